The number of amides is 1. The number of rotatable bonds is 3. The number of aliphatic carboxylic acids is 1. The summed E-state index contributed by atoms with van der Waals surface area (Å²) in [4.78, 5) is 26.1. The Balaban J connectivity index is 2.13. The van der Waals surface area contributed by atoms with Crippen LogP contribution in [0.2, 0.25) is 0 Å². The highest BCUT2D eigenvalue weighted by Crippen LogP contribution is 2.25. The highest BCUT2D eigenvalue weighted by Gasteiger charge is 2.23. The van der Waals surface area contributed by atoms with E-state index in [1.165, 1.54) is 12.1 Å². The molecule has 2 N–H and O–H groups in total. The van der Waals surface area contributed by atoms with E-state index in [2.05, 4.69) is 10.3 Å². The molecule has 1 amide bonds. The average molecular weight is 280 g/mol. The van der Waals surface area contributed by atoms with E-state index in [-0.39, 0.29) is 16.9 Å². The predicted molar refractivity (Wildman–Crippen MR) is 70.0 cm³/mol. The van der Waals surface area contributed by atoms with Crippen molar-refractivity contribution in [2.45, 2.75) is 0 Å². The van der Waals surface area contributed by atoms with E-state index in [1.807, 2.05) is 0 Å². The second kappa shape index (κ2) is 5.66. The maximum Gasteiger partial charge on any atom is 0.325 e. The number of nitrogens with one attached hydrogen (secondary N) is 1. The number of amidine groups is 1. The number of halogens is 1. The van der Waals surface area contributed by atoms with Crippen molar-refractivity contribution in [1.29, 1.82) is 0 Å². The minimum atomic E-state index is -1.07. The first-order chi connectivity index (χ1) is 9.04. The zero-order chi connectivity index (χ0) is 13.8. The number of carboxylic acids is 1. The number of benzene rings is 1. The summed E-state index contributed by atoms with van der Waals surface area (Å²) in [5.74, 6) is -1.77. The van der Waals surface area contributed by atoms with Crippen LogP contribution in [0.1, 0.15) is 5.56 Å². The molecule has 1 aliphatic rings. The fraction of sp³-hybridized carbons (Fsp3) is 0.0833. The number of hydrogen-bond donors (Lipinski definition) is 2. The first-order valence-electron chi connectivity index (χ1n) is 5.27. The molecule has 2 rings (SSSR count). The van der Waals surface area contributed by atoms with Crippen molar-refractivity contribution in [2.24, 2.45) is 4.99 Å². The Hall–Kier alpha value is -2.15. The number of carboxylic acid groups (broad SMARTS) is 1. The molecule has 98 valence electrons. The molecule has 0 bridgehead atoms. The summed E-state index contributed by atoms with van der Waals surface area (Å²) in [5.41, 5.74) is 0.679. The van der Waals surface area contributed by atoms with Crippen LogP contribution >= 0.6 is 11.8 Å². The van der Waals surface area contributed by atoms with E-state index in [9.17, 15) is 14.0 Å². The number of hydrogen-bond acceptors (Lipinski definition) is 4. The van der Waals surface area contributed by atoms with E-state index in [1.54, 1.807) is 18.2 Å². The topological polar surface area (TPSA) is 78.8 Å². The number of aliphatic imine (C=N–C) groups is 1. The Labute approximate surface area is 112 Å². The molecular weight excluding hydrogens is 271 g/mol. The molecule has 1 saturated heterocycles. The fourth-order valence-electron chi connectivity index (χ4n) is 1.35. The Morgan fingerprint density at radius 1 is 1.42 bits per heavy atom. The van der Waals surface area contributed by atoms with Crippen LogP contribution in [0.3, 0.4) is 0 Å². The van der Waals surface area contributed by atoms with Crippen molar-refractivity contribution in [3.63, 3.8) is 0 Å². The summed E-state index contributed by atoms with van der Waals surface area (Å²) in [5, 5.41) is 11.2. The number of carbonyl (C=O) groups is 2. The van der Waals surface area contributed by atoms with Gasteiger partial charge < -0.3 is 10.4 Å². The lowest BCUT2D eigenvalue weighted by atomic mass is 10.2. The van der Waals surface area contributed by atoms with Gasteiger partial charge in [-0.1, -0.05) is 12.1 Å². The first-order valence-corrected chi connectivity index (χ1v) is 6.09. The van der Waals surface area contributed by atoms with Crippen LogP contribution < -0.4 is 5.32 Å². The lowest BCUT2D eigenvalue weighted by Gasteiger charge is -1.94. The molecule has 1 fully saturated rings. The third kappa shape index (κ3) is 3.65. The lowest BCUT2D eigenvalue weighted by Crippen LogP contribution is -2.20. The van der Waals surface area contributed by atoms with Crippen molar-refractivity contribution < 1.29 is 19.1 Å². The second-order valence-corrected chi connectivity index (χ2v) is 4.66. The second-order valence-electron chi connectivity index (χ2n) is 3.63. The highest BCUT2D eigenvalue weighted by molar-refractivity contribution is 8.18. The maximum atomic E-state index is 12.7. The first kappa shape index (κ1) is 13.3. The Kier molecular flexibility index (Phi) is 3.96. The SMILES string of the molecule is O=C(O)CN=C1NC(=O)/C(=C/c2ccc(F)cc2)S1. The average Bonchev–Trinajstić information content (AvgIpc) is 2.71. The van der Waals surface area contributed by atoms with Gasteiger partial charge in [0.15, 0.2) is 5.17 Å². The van der Waals surface area contributed by atoms with Gasteiger partial charge in [-0.25, -0.2) is 4.39 Å². The van der Waals surface area contributed by atoms with Gasteiger partial charge in [0, 0.05) is 0 Å². The standard InChI is InChI=1S/C12H9FN2O3S/c13-8-3-1-7(2-4-8)5-9-11(18)15-12(19-9)14-6-10(16)17/h1-5H,6H2,(H,16,17)(H,14,15,18)/b9-5-. The lowest BCUT2D eigenvalue weighted by molar-refractivity contribution is -0.135. The minimum Gasteiger partial charge on any atom is -0.480 e. The van der Waals surface area contributed by atoms with Crippen molar-refractivity contribution in [3.05, 3.63) is 40.6 Å². The van der Waals surface area contributed by atoms with Gasteiger partial charge >= 0.3 is 5.97 Å². The molecule has 1 aromatic rings. The molecule has 5 nitrogen and oxygen atoms in total. The Bertz CT molecular complexity index is 581. The molecule has 1 aromatic carbocycles. The summed E-state index contributed by atoms with van der Waals surface area (Å²) >= 11 is 1.05. The zero-order valence-corrected chi connectivity index (χ0v) is 10.4. The van der Waals surface area contributed by atoms with E-state index in [0.717, 1.165) is 11.8 Å². The van der Waals surface area contributed by atoms with Crippen LogP contribution in [0.4, 0.5) is 4.39 Å². The van der Waals surface area contributed by atoms with Crippen molar-refractivity contribution >= 4 is 34.9 Å². The van der Waals surface area contributed by atoms with Gasteiger partial charge in [-0.3, -0.25) is 14.6 Å². The van der Waals surface area contributed by atoms with Crippen molar-refractivity contribution in [3.8, 4) is 0 Å². The van der Waals surface area contributed by atoms with E-state index in [0.29, 0.717) is 10.5 Å². The molecule has 1 aliphatic heterocycles. The molecule has 0 spiro atoms. The number of nitrogens with zero attached hydrogens (tertiary/aromatic N) is 1. The normalized spacial score (nSPS) is 18.9. The predicted octanol–water partition coefficient (Wildman–Crippen LogP) is 1.47. The van der Waals surface area contributed by atoms with Crippen molar-refractivity contribution in [1.82, 2.24) is 5.32 Å². The fourth-order valence-corrected chi connectivity index (χ4v) is 2.17. The third-order valence-electron chi connectivity index (χ3n) is 2.18. The zero-order valence-electron chi connectivity index (χ0n) is 9.59. The Morgan fingerprint density at radius 3 is 2.74 bits per heavy atom. The summed E-state index contributed by atoms with van der Waals surface area (Å²) in [6, 6.07) is 5.68. The van der Waals surface area contributed by atoms with Crippen LogP contribution in [-0.2, 0) is 9.59 Å². The van der Waals surface area contributed by atoms with Gasteiger partial charge in [-0.2, -0.15) is 0 Å². The van der Waals surface area contributed by atoms with Crippen LogP contribution in [0.5, 0.6) is 0 Å². The van der Waals surface area contributed by atoms with E-state index < -0.39 is 12.5 Å². The Morgan fingerprint density at radius 2 is 2.11 bits per heavy atom. The molecule has 0 saturated carbocycles. The molecule has 0 aliphatic carbocycles. The van der Waals surface area contributed by atoms with Gasteiger partial charge in [-0.05, 0) is 35.5 Å². The molecule has 0 radical (unpaired) electrons. The summed E-state index contributed by atoms with van der Waals surface area (Å²) in [6.45, 7) is -0.396. The number of thioether (sulfide) groups is 1. The van der Waals surface area contributed by atoms with E-state index >= 15 is 0 Å². The minimum absolute atomic E-state index is 0.251. The quantitative estimate of drug-likeness (QED) is 0.822. The largest absolute Gasteiger partial charge is 0.480 e. The van der Waals surface area contributed by atoms with Gasteiger partial charge in [0.1, 0.15) is 12.4 Å². The van der Waals surface area contributed by atoms with Gasteiger partial charge in [-0.15, -0.1) is 0 Å². The van der Waals surface area contributed by atoms with Crippen LogP contribution in [-0.4, -0.2) is 28.7 Å². The molecular formula is C12H9FN2O3S. The molecule has 1 heterocycles. The monoisotopic (exact) mass is 280 g/mol. The summed E-state index contributed by atoms with van der Waals surface area (Å²) in [6.07, 6.45) is 1.59. The number of carbonyl (C=O) groups excluding carboxylic acids is 1. The molecule has 0 aromatic heterocycles. The van der Waals surface area contributed by atoms with Gasteiger partial charge in [0.25, 0.3) is 5.91 Å². The van der Waals surface area contributed by atoms with Gasteiger partial charge in [0.05, 0.1) is 4.91 Å². The summed E-state index contributed by atoms with van der Waals surface area (Å²) < 4.78 is 12.7. The van der Waals surface area contributed by atoms with Gasteiger partial charge in [0.2, 0.25) is 0 Å². The maximum absolute atomic E-state index is 12.7. The van der Waals surface area contributed by atoms with Crippen LogP contribution in [0.15, 0.2) is 34.2 Å². The van der Waals surface area contributed by atoms with Crippen LogP contribution in [0.25, 0.3) is 6.08 Å². The molecule has 7 heteroatoms. The molecule has 19 heavy (non-hydrogen) atoms. The van der Waals surface area contributed by atoms with E-state index in [4.69, 9.17) is 5.11 Å². The van der Waals surface area contributed by atoms with Crippen molar-refractivity contribution in [2.75, 3.05) is 6.54 Å². The highest BCUT2D eigenvalue weighted by atomic mass is 32.2. The smallest absolute Gasteiger partial charge is 0.325 e. The summed E-state index contributed by atoms with van der Waals surface area (Å²) in [7, 11) is 0. The molecule has 0 unspecified atom stereocenters. The molecule has 0 atom stereocenters. The third-order valence-corrected chi connectivity index (χ3v) is 3.12. The van der Waals surface area contributed by atoms with Crippen LogP contribution in [0, 0.1) is 5.82 Å².